The summed E-state index contributed by atoms with van der Waals surface area (Å²) in [5, 5.41) is 2.95. The lowest BCUT2D eigenvalue weighted by atomic mass is 10.1. The van der Waals surface area contributed by atoms with Crippen LogP contribution in [-0.2, 0) is 11.2 Å². The number of carbonyl (C=O) groups excluding carboxylic acids is 1. The van der Waals surface area contributed by atoms with Crippen LogP contribution < -0.4 is 10.1 Å². The molecular weight excluding hydrogens is 214 g/mol. The molecule has 1 N–H and O–H groups in total. The first-order chi connectivity index (χ1) is 8.15. The van der Waals surface area contributed by atoms with Crippen LogP contribution in [0.3, 0.4) is 0 Å². The van der Waals surface area contributed by atoms with Crippen molar-refractivity contribution in [1.82, 2.24) is 5.32 Å². The van der Waals surface area contributed by atoms with Gasteiger partial charge in [-0.3, -0.25) is 4.79 Å². The lowest BCUT2D eigenvalue weighted by Crippen LogP contribution is -2.33. The van der Waals surface area contributed by atoms with E-state index >= 15 is 0 Å². The molecule has 0 heterocycles. The molecule has 0 spiro atoms. The first kappa shape index (κ1) is 13.6. The number of amides is 1. The molecular formula is C14H21NO2. The Morgan fingerprint density at radius 2 is 1.94 bits per heavy atom. The van der Waals surface area contributed by atoms with Crippen LogP contribution >= 0.6 is 0 Å². The Balaban J connectivity index is 2.48. The second-order valence-electron chi connectivity index (χ2n) is 4.13. The second-order valence-corrected chi connectivity index (χ2v) is 4.13. The van der Waals surface area contributed by atoms with E-state index in [-0.39, 0.29) is 11.9 Å². The third-order valence-electron chi connectivity index (χ3n) is 2.62. The van der Waals surface area contributed by atoms with Gasteiger partial charge in [0, 0.05) is 6.04 Å². The number of benzene rings is 1. The minimum atomic E-state index is 0.0727. The predicted molar refractivity (Wildman–Crippen MR) is 69.2 cm³/mol. The van der Waals surface area contributed by atoms with E-state index in [9.17, 15) is 4.79 Å². The van der Waals surface area contributed by atoms with Crippen molar-refractivity contribution in [3.8, 4) is 5.75 Å². The number of ether oxygens (including phenoxy) is 1. The summed E-state index contributed by atoms with van der Waals surface area (Å²) < 4.78 is 5.35. The average molecular weight is 235 g/mol. The molecule has 17 heavy (non-hydrogen) atoms. The number of hydrogen-bond acceptors (Lipinski definition) is 2. The van der Waals surface area contributed by atoms with Gasteiger partial charge in [-0.2, -0.15) is 0 Å². The van der Waals surface area contributed by atoms with Gasteiger partial charge in [0.25, 0.3) is 0 Å². The fourth-order valence-corrected chi connectivity index (χ4v) is 1.48. The largest absolute Gasteiger partial charge is 0.494 e. The quantitative estimate of drug-likeness (QED) is 0.823. The van der Waals surface area contributed by atoms with Crippen molar-refractivity contribution in [1.29, 1.82) is 0 Å². The van der Waals surface area contributed by atoms with Crippen molar-refractivity contribution in [3.05, 3.63) is 29.8 Å². The number of nitrogens with one attached hydrogen (secondary N) is 1. The molecule has 0 aliphatic rings. The van der Waals surface area contributed by atoms with Crippen LogP contribution in [0.25, 0.3) is 0 Å². The Morgan fingerprint density at radius 3 is 2.47 bits per heavy atom. The van der Waals surface area contributed by atoms with Gasteiger partial charge < -0.3 is 10.1 Å². The first-order valence-electron chi connectivity index (χ1n) is 6.16. The van der Waals surface area contributed by atoms with Gasteiger partial charge >= 0.3 is 0 Å². The lowest BCUT2D eigenvalue weighted by molar-refractivity contribution is -0.121. The van der Waals surface area contributed by atoms with Crippen LogP contribution in [0.15, 0.2) is 24.3 Å². The molecule has 0 aliphatic carbocycles. The molecule has 0 saturated carbocycles. The standard InChI is InChI=1S/C14H21NO2/c1-4-11(3)15-14(16)10-12-6-8-13(9-7-12)17-5-2/h6-9,11H,4-5,10H2,1-3H3,(H,15,16)/t11-/m1/s1. The monoisotopic (exact) mass is 235 g/mol. The van der Waals surface area contributed by atoms with E-state index in [2.05, 4.69) is 12.2 Å². The minimum Gasteiger partial charge on any atom is -0.494 e. The summed E-state index contributed by atoms with van der Waals surface area (Å²) in [6, 6.07) is 7.90. The Labute approximate surface area is 103 Å². The normalized spacial score (nSPS) is 11.9. The summed E-state index contributed by atoms with van der Waals surface area (Å²) >= 11 is 0. The maximum Gasteiger partial charge on any atom is 0.224 e. The van der Waals surface area contributed by atoms with Crippen molar-refractivity contribution >= 4 is 5.91 Å². The number of rotatable bonds is 6. The maximum atomic E-state index is 11.7. The Kier molecular flexibility index (Phi) is 5.53. The lowest BCUT2D eigenvalue weighted by Gasteiger charge is -2.11. The molecule has 0 fully saturated rings. The van der Waals surface area contributed by atoms with Crippen LogP contribution in [0.1, 0.15) is 32.8 Å². The van der Waals surface area contributed by atoms with E-state index < -0.39 is 0 Å². The molecule has 0 saturated heterocycles. The van der Waals surface area contributed by atoms with Gasteiger partial charge in [0.2, 0.25) is 5.91 Å². The summed E-state index contributed by atoms with van der Waals surface area (Å²) in [6.07, 6.45) is 1.38. The molecule has 1 amide bonds. The van der Waals surface area contributed by atoms with Gasteiger partial charge in [0.05, 0.1) is 13.0 Å². The van der Waals surface area contributed by atoms with Crippen LogP contribution in [0.5, 0.6) is 5.75 Å². The third kappa shape index (κ3) is 4.89. The van der Waals surface area contributed by atoms with E-state index in [4.69, 9.17) is 4.74 Å². The Bertz CT molecular complexity index is 346. The molecule has 0 unspecified atom stereocenters. The smallest absolute Gasteiger partial charge is 0.224 e. The van der Waals surface area contributed by atoms with Gasteiger partial charge in [-0.05, 0) is 38.0 Å². The summed E-state index contributed by atoms with van der Waals surface area (Å²) in [5.74, 6) is 0.919. The molecule has 1 aromatic carbocycles. The molecule has 94 valence electrons. The molecule has 1 rings (SSSR count). The van der Waals surface area contributed by atoms with E-state index in [0.29, 0.717) is 13.0 Å². The highest BCUT2D eigenvalue weighted by molar-refractivity contribution is 5.78. The van der Waals surface area contributed by atoms with Gasteiger partial charge in [-0.1, -0.05) is 19.1 Å². The van der Waals surface area contributed by atoms with Gasteiger partial charge in [-0.15, -0.1) is 0 Å². The van der Waals surface area contributed by atoms with Gasteiger partial charge in [-0.25, -0.2) is 0 Å². The van der Waals surface area contributed by atoms with Gasteiger partial charge in [0.15, 0.2) is 0 Å². The summed E-state index contributed by atoms with van der Waals surface area (Å²) in [4.78, 5) is 11.7. The molecule has 0 aliphatic heterocycles. The fourth-order valence-electron chi connectivity index (χ4n) is 1.48. The van der Waals surface area contributed by atoms with E-state index in [1.165, 1.54) is 0 Å². The molecule has 3 nitrogen and oxygen atoms in total. The highest BCUT2D eigenvalue weighted by Gasteiger charge is 2.06. The highest BCUT2D eigenvalue weighted by Crippen LogP contribution is 2.12. The minimum absolute atomic E-state index is 0.0727. The van der Waals surface area contributed by atoms with Crippen molar-refractivity contribution in [3.63, 3.8) is 0 Å². The van der Waals surface area contributed by atoms with Crippen LogP contribution in [0.2, 0.25) is 0 Å². The molecule has 0 aromatic heterocycles. The second kappa shape index (κ2) is 6.94. The van der Waals surface area contributed by atoms with Crippen molar-refractivity contribution < 1.29 is 9.53 Å². The maximum absolute atomic E-state index is 11.7. The van der Waals surface area contributed by atoms with E-state index in [1.807, 2.05) is 38.1 Å². The van der Waals surface area contributed by atoms with Crippen molar-refractivity contribution in [2.75, 3.05) is 6.61 Å². The third-order valence-corrected chi connectivity index (χ3v) is 2.62. The summed E-state index contributed by atoms with van der Waals surface area (Å²) in [6.45, 7) is 6.68. The molecule has 0 radical (unpaired) electrons. The van der Waals surface area contributed by atoms with Crippen molar-refractivity contribution in [2.24, 2.45) is 0 Å². The van der Waals surface area contributed by atoms with Crippen LogP contribution in [0.4, 0.5) is 0 Å². The Hall–Kier alpha value is -1.51. The van der Waals surface area contributed by atoms with E-state index in [0.717, 1.165) is 17.7 Å². The van der Waals surface area contributed by atoms with Crippen molar-refractivity contribution in [2.45, 2.75) is 39.7 Å². The number of hydrogen-bond donors (Lipinski definition) is 1. The summed E-state index contributed by atoms with van der Waals surface area (Å²) in [7, 11) is 0. The SMILES string of the molecule is CCOc1ccc(CC(=O)N[C@H](C)CC)cc1. The zero-order chi connectivity index (χ0) is 12.7. The van der Waals surface area contributed by atoms with Gasteiger partial charge in [0.1, 0.15) is 5.75 Å². The zero-order valence-electron chi connectivity index (χ0n) is 10.8. The topological polar surface area (TPSA) is 38.3 Å². The summed E-state index contributed by atoms with van der Waals surface area (Å²) in [5.41, 5.74) is 1.01. The molecule has 1 atom stereocenters. The number of carbonyl (C=O) groups is 1. The fraction of sp³-hybridized carbons (Fsp3) is 0.500. The predicted octanol–water partition coefficient (Wildman–Crippen LogP) is 2.54. The zero-order valence-corrected chi connectivity index (χ0v) is 10.8. The average Bonchev–Trinajstić information content (AvgIpc) is 2.31. The van der Waals surface area contributed by atoms with E-state index in [1.54, 1.807) is 0 Å². The molecule has 3 heteroatoms. The molecule has 0 bridgehead atoms. The highest BCUT2D eigenvalue weighted by atomic mass is 16.5. The molecule has 1 aromatic rings. The van der Waals surface area contributed by atoms with Crippen LogP contribution in [-0.4, -0.2) is 18.6 Å². The Morgan fingerprint density at radius 1 is 1.29 bits per heavy atom. The first-order valence-corrected chi connectivity index (χ1v) is 6.16. The van der Waals surface area contributed by atoms with Crippen LogP contribution in [0, 0.1) is 0 Å².